The second-order valence-corrected chi connectivity index (χ2v) is 7.02. The van der Waals surface area contributed by atoms with Gasteiger partial charge in [0.15, 0.2) is 5.60 Å². The second kappa shape index (κ2) is 10.1. The van der Waals surface area contributed by atoms with E-state index in [0.717, 1.165) is 25.7 Å². The fourth-order valence-corrected chi connectivity index (χ4v) is 3.23. The number of hydrogen-bond donors (Lipinski definition) is 1. The van der Waals surface area contributed by atoms with Crippen molar-refractivity contribution in [2.24, 2.45) is 0 Å². The van der Waals surface area contributed by atoms with Gasteiger partial charge in [-0.1, -0.05) is 26.7 Å². The van der Waals surface area contributed by atoms with Gasteiger partial charge in [0.05, 0.1) is 12.7 Å². The quantitative estimate of drug-likeness (QED) is 0.591. The second-order valence-electron chi connectivity index (χ2n) is 7.02. The van der Waals surface area contributed by atoms with E-state index in [2.05, 4.69) is 18.8 Å². The molecule has 2 unspecified atom stereocenters. The first-order valence-corrected chi connectivity index (χ1v) is 9.77. The molecule has 0 spiro atoms. The van der Waals surface area contributed by atoms with Crippen molar-refractivity contribution in [3.05, 3.63) is 33.1 Å². The van der Waals surface area contributed by atoms with Crippen LogP contribution < -0.4 is 11.2 Å². The fourth-order valence-electron chi connectivity index (χ4n) is 3.23. The van der Waals surface area contributed by atoms with Crippen molar-refractivity contribution < 1.29 is 18.6 Å². The van der Waals surface area contributed by atoms with Crippen molar-refractivity contribution >= 4 is 0 Å². The van der Waals surface area contributed by atoms with E-state index in [1.165, 1.54) is 23.8 Å². The van der Waals surface area contributed by atoms with Gasteiger partial charge in [-0.3, -0.25) is 14.3 Å². The summed E-state index contributed by atoms with van der Waals surface area (Å²) in [5.41, 5.74) is -2.37. The number of hydrogen-bond acceptors (Lipinski definition) is 5. The van der Waals surface area contributed by atoms with E-state index >= 15 is 0 Å². The first kappa shape index (κ1) is 21.8. The maximum absolute atomic E-state index is 14.8. The highest BCUT2D eigenvalue weighted by atomic mass is 19.1. The van der Waals surface area contributed by atoms with E-state index in [1.807, 2.05) is 0 Å². The largest absolute Gasteiger partial charge is 0.378 e. The topological polar surface area (TPSA) is 82.5 Å². The highest BCUT2D eigenvalue weighted by Gasteiger charge is 2.54. The van der Waals surface area contributed by atoms with E-state index in [-0.39, 0.29) is 6.61 Å². The molecular weight excluding hydrogens is 355 g/mol. The summed E-state index contributed by atoms with van der Waals surface area (Å²) >= 11 is 0. The number of aromatic amines is 1. The zero-order chi connectivity index (χ0) is 19.9. The first-order valence-electron chi connectivity index (χ1n) is 9.77. The summed E-state index contributed by atoms with van der Waals surface area (Å²) in [6, 6.07) is 1.24. The molecule has 8 heteroatoms. The minimum Gasteiger partial charge on any atom is -0.378 e. The van der Waals surface area contributed by atoms with Gasteiger partial charge in [-0.15, -0.1) is 0 Å². The Labute approximate surface area is 158 Å². The highest BCUT2D eigenvalue weighted by molar-refractivity contribution is 5.01. The van der Waals surface area contributed by atoms with Crippen molar-refractivity contribution in [2.75, 3.05) is 19.8 Å². The molecular formula is C19H31FN2O5. The van der Waals surface area contributed by atoms with Crippen LogP contribution in [0.1, 0.15) is 59.1 Å². The molecule has 1 N–H and O–H groups in total. The van der Waals surface area contributed by atoms with Crippen molar-refractivity contribution in [3.8, 4) is 0 Å². The maximum Gasteiger partial charge on any atom is 0.330 e. The maximum atomic E-state index is 14.8. The van der Waals surface area contributed by atoms with Crippen molar-refractivity contribution in [3.63, 3.8) is 0 Å². The normalized spacial score (nSPS) is 26.4. The summed E-state index contributed by atoms with van der Waals surface area (Å²) in [7, 11) is 0. The van der Waals surface area contributed by atoms with Gasteiger partial charge in [-0.2, -0.15) is 0 Å². The van der Waals surface area contributed by atoms with Crippen LogP contribution in [-0.4, -0.2) is 47.2 Å². The van der Waals surface area contributed by atoms with Crippen LogP contribution in [0.25, 0.3) is 0 Å². The standard InChI is InChI=1S/C19H31FN2O5/c1-4-6-10-25-13-19(14(3)20)15(26-11-7-5-2)12-17(27-19)22-9-8-16(23)21-18(22)24/h8-9,14-15,17H,4-7,10-13H2,1-3H3,(H,21,23,24)/t14?,15-,17?,19-/m0/s1. The zero-order valence-electron chi connectivity index (χ0n) is 16.4. The molecule has 1 aliphatic heterocycles. The number of alkyl halides is 1. The third-order valence-corrected chi connectivity index (χ3v) is 4.94. The summed E-state index contributed by atoms with van der Waals surface area (Å²) in [4.78, 5) is 25.7. The molecule has 1 aliphatic rings. The average molecular weight is 386 g/mol. The molecule has 0 aliphatic carbocycles. The van der Waals surface area contributed by atoms with Gasteiger partial charge in [0.25, 0.3) is 5.56 Å². The van der Waals surface area contributed by atoms with E-state index in [9.17, 15) is 14.0 Å². The summed E-state index contributed by atoms with van der Waals surface area (Å²) < 4.78 is 33.7. The number of nitrogens with one attached hydrogen (secondary N) is 1. The van der Waals surface area contributed by atoms with E-state index in [0.29, 0.717) is 19.6 Å². The molecule has 154 valence electrons. The molecule has 1 saturated heterocycles. The molecule has 0 amide bonds. The Balaban J connectivity index is 2.25. The third-order valence-electron chi connectivity index (χ3n) is 4.94. The smallest absolute Gasteiger partial charge is 0.330 e. The van der Waals surface area contributed by atoms with Gasteiger partial charge in [-0.05, 0) is 19.8 Å². The van der Waals surface area contributed by atoms with Crippen LogP contribution >= 0.6 is 0 Å². The van der Waals surface area contributed by atoms with Crippen LogP contribution in [0.5, 0.6) is 0 Å². The summed E-state index contributed by atoms with van der Waals surface area (Å²) in [6.07, 6.45) is 2.71. The molecule has 4 atom stereocenters. The zero-order valence-corrected chi connectivity index (χ0v) is 16.4. The Kier molecular flexibility index (Phi) is 8.19. The van der Waals surface area contributed by atoms with Gasteiger partial charge >= 0.3 is 5.69 Å². The lowest BCUT2D eigenvalue weighted by Gasteiger charge is -2.35. The number of aromatic nitrogens is 2. The molecule has 0 saturated carbocycles. The monoisotopic (exact) mass is 386 g/mol. The molecule has 1 aromatic rings. The Hall–Kier alpha value is -1.51. The highest BCUT2D eigenvalue weighted by Crippen LogP contribution is 2.42. The summed E-state index contributed by atoms with van der Waals surface area (Å²) in [6.45, 7) is 6.59. The molecule has 0 radical (unpaired) electrons. The molecule has 1 aromatic heterocycles. The predicted molar refractivity (Wildman–Crippen MR) is 99.7 cm³/mol. The van der Waals surface area contributed by atoms with Gasteiger partial charge in [0, 0.05) is 31.9 Å². The Morgan fingerprint density at radius 2 is 2.04 bits per heavy atom. The third kappa shape index (κ3) is 5.27. The van der Waals surface area contributed by atoms with Crippen molar-refractivity contribution in [2.45, 2.75) is 77.0 Å². The average Bonchev–Trinajstić information content (AvgIpc) is 2.99. The number of rotatable bonds is 11. The van der Waals surface area contributed by atoms with E-state index in [1.54, 1.807) is 0 Å². The van der Waals surface area contributed by atoms with Crippen molar-refractivity contribution in [1.29, 1.82) is 0 Å². The van der Waals surface area contributed by atoms with E-state index < -0.39 is 35.4 Å². The number of ether oxygens (including phenoxy) is 3. The Morgan fingerprint density at radius 1 is 1.33 bits per heavy atom. The molecule has 0 bridgehead atoms. The SMILES string of the molecule is CCCCOC[C@@]1(C(C)F)OC(n2ccc(=O)[nH]c2=O)C[C@@H]1OCCCC. The van der Waals surface area contributed by atoms with Crippen molar-refractivity contribution in [1.82, 2.24) is 9.55 Å². The minimum atomic E-state index is -1.35. The molecule has 27 heavy (non-hydrogen) atoms. The van der Waals surface area contributed by atoms with Gasteiger partial charge < -0.3 is 14.2 Å². The molecule has 2 rings (SSSR count). The molecule has 2 heterocycles. The summed E-state index contributed by atoms with van der Waals surface area (Å²) in [5, 5.41) is 0. The van der Waals surface area contributed by atoms with Gasteiger partial charge in [0.1, 0.15) is 12.4 Å². The predicted octanol–water partition coefficient (Wildman–Crippen LogP) is 2.55. The lowest BCUT2D eigenvalue weighted by atomic mass is 9.92. The van der Waals surface area contributed by atoms with Crippen LogP contribution in [-0.2, 0) is 14.2 Å². The number of nitrogens with zero attached hydrogens (tertiary/aromatic N) is 1. The van der Waals surface area contributed by atoms with Crippen LogP contribution in [0.4, 0.5) is 4.39 Å². The lowest BCUT2D eigenvalue weighted by Crippen LogP contribution is -2.52. The Bertz CT molecular complexity index is 689. The lowest BCUT2D eigenvalue weighted by molar-refractivity contribution is -0.181. The van der Waals surface area contributed by atoms with Gasteiger partial charge in [0.2, 0.25) is 0 Å². The first-order chi connectivity index (χ1) is 12.9. The van der Waals surface area contributed by atoms with E-state index in [4.69, 9.17) is 14.2 Å². The Morgan fingerprint density at radius 3 is 2.67 bits per heavy atom. The number of unbranched alkanes of at least 4 members (excludes halogenated alkanes) is 2. The minimum absolute atomic E-state index is 0.0516. The molecule has 0 aromatic carbocycles. The van der Waals surface area contributed by atoms with Crippen LogP contribution in [0.3, 0.4) is 0 Å². The summed E-state index contributed by atoms with van der Waals surface area (Å²) in [5.74, 6) is 0. The molecule has 1 fully saturated rings. The van der Waals surface area contributed by atoms with Crippen LogP contribution in [0, 0.1) is 0 Å². The number of halogens is 1. The van der Waals surface area contributed by atoms with Crippen LogP contribution in [0.15, 0.2) is 21.9 Å². The number of H-pyrrole nitrogens is 1. The van der Waals surface area contributed by atoms with Gasteiger partial charge in [-0.25, -0.2) is 9.18 Å². The molecule has 7 nitrogen and oxygen atoms in total. The fraction of sp³-hybridized carbons (Fsp3) is 0.789. The van der Waals surface area contributed by atoms with Crippen LogP contribution in [0.2, 0.25) is 0 Å².